The molecule has 260 valence electrons. The van der Waals surface area contributed by atoms with Crippen molar-refractivity contribution in [2.45, 2.75) is 39.2 Å². The minimum atomic E-state index is -0.408. The molecule has 0 radical (unpaired) electrons. The lowest BCUT2D eigenvalue weighted by Crippen LogP contribution is -2.26. The van der Waals surface area contributed by atoms with E-state index in [1.807, 2.05) is 44.1 Å². The standard InChI is InChI=1S/C36H49N5O7/c1-26-13-14-28(32(23-26)47-20-8-7-18-38-36(44)48-22-10-19-41(2)3)25-39-34(42)27-15-16-30(33(24-27)45-4)40-35(43)29-11-5-6-12-31(29)46-21-9-17-37/h5-6,11-16,23-24H,7-10,17-22,25,37H2,1-4H3,(H,38,44)(H,39,42)(H,40,43). The molecule has 3 aromatic rings. The Kier molecular flexibility index (Phi) is 16.0. The predicted octanol–water partition coefficient (Wildman–Crippen LogP) is 4.75. The average molecular weight is 664 g/mol. The highest BCUT2D eigenvalue weighted by Gasteiger charge is 2.17. The number of carbonyl (C=O) groups is 3. The zero-order chi connectivity index (χ0) is 34.7. The van der Waals surface area contributed by atoms with Crippen molar-refractivity contribution in [3.8, 4) is 17.2 Å². The summed E-state index contributed by atoms with van der Waals surface area (Å²) >= 11 is 0. The average Bonchev–Trinajstić information content (AvgIpc) is 3.08. The zero-order valence-corrected chi connectivity index (χ0v) is 28.4. The van der Waals surface area contributed by atoms with Gasteiger partial charge in [0.15, 0.2) is 0 Å². The first-order chi connectivity index (χ1) is 23.2. The third-order valence-corrected chi connectivity index (χ3v) is 7.19. The topological polar surface area (TPSA) is 153 Å². The number of rotatable bonds is 20. The highest BCUT2D eigenvalue weighted by molar-refractivity contribution is 6.07. The van der Waals surface area contributed by atoms with Gasteiger partial charge in [-0.15, -0.1) is 0 Å². The number of nitrogens with two attached hydrogens (primary N) is 1. The molecule has 3 rings (SSSR count). The molecule has 0 atom stereocenters. The maximum Gasteiger partial charge on any atom is 0.407 e. The second kappa shape index (κ2) is 20.4. The quantitative estimate of drug-likeness (QED) is 0.126. The molecule has 5 N–H and O–H groups in total. The Balaban J connectivity index is 1.51. The van der Waals surface area contributed by atoms with E-state index in [1.165, 1.54) is 7.11 Å². The van der Waals surface area contributed by atoms with Gasteiger partial charge in [0.2, 0.25) is 0 Å². The van der Waals surface area contributed by atoms with Crippen molar-refractivity contribution in [2.75, 3.05) is 66.0 Å². The number of aryl methyl sites for hydroxylation is 1. The number of alkyl carbamates (subject to hydrolysis) is 1. The molecule has 48 heavy (non-hydrogen) atoms. The van der Waals surface area contributed by atoms with Crippen LogP contribution in [0.25, 0.3) is 0 Å². The molecule has 3 amide bonds. The summed E-state index contributed by atoms with van der Waals surface area (Å²) in [4.78, 5) is 40.1. The number of carbonyl (C=O) groups excluding carboxylic acids is 3. The lowest BCUT2D eigenvalue weighted by Gasteiger charge is -2.15. The van der Waals surface area contributed by atoms with Gasteiger partial charge in [-0.1, -0.05) is 24.3 Å². The van der Waals surface area contributed by atoms with E-state index < -0.39 is 6.09 Å². The number of hydrogen-bond acceptors (Lipinski definition) is 9. The van der Waals surface area contributed by atoms with E-state index in [-0.39, 0.29) is 18.4 Å². The molecule has 0 bridgehead atoms. The Hall–Kier alpha value is -4.81. The Morgan fingerprint density at radius 3 is 2.33 bits per heavy atom. The van der Waals surface area contributed by atoms with Gasteiger partial charge in [-0.3, -0.25) is 9.59 Å². The van der Waals surface area contributed by atoms with Crippen LogP contribution in [-0.2, 0) is 11.3 Å². The van der Waals surface area contributed by atoms with Crippen LogP contribution in [0.2, 0.25) is 0 Å². The van der Waals surface area contributed by atoms with Gasteiger partial charge in [-0.05, 0) is 95.2 Å². The second-order valence-corrected chi connectivity index (χ2v) is 11.4. The summed E-state index contributed by atoms with van der Waals surface area (Å²) in [7, 11) is 5.43. The molecule has 0 spiro atoms. The first kappa shape index (κ1) is 37.6. The monoisotopic (exact) mass is 663 g/mol. The van der Waals surface area contributed by atoms with Crippen LogP contribution in [0.1, 0.15) is 57.5 Å². The van der Waals surface area contributed by atoms with E-state index in [0.717, 1.165) is 36.9 Å². The van der Waals surface area contributed by atoms with E-state index >= 15 is 0 Å². The zero-order valence-electron chi connectivity index (χ0n) is 28.4. The SMILES string of the molecule is COc1cc(C(=O)NCc2ccc(C)cc2OCCCCNC(=O)OCCCN(C)C)ccc1NC(=O)c1ccccc1OCCCN. The smallest absolute Gasteiger partial charge is 0.407 e. The van der Waals surface area contributed by atoms with E-state index in [1.54, 1.807) is 42.5 Å². The fourth-order valence-electron chi connectivity index (χ4n) is 4.59. The van der Waals surface area contributed by atoms with Crippen LogP contribution in [0.5, 0.6) is 17.2 Å². The molecule has 0 fully saturated rings. The number of benzene rings is 3. The van der Waals surface area contributed by atoms with Gasteiger partial charge in [-0.25, -0.2) is 4.79 Å². The maximum absolute atomic E-state index is 13.1. The summed E-state index contributed by atoms with van der Waals surface area (Å²) in [6.07, 6.45) is 2.52. The third kappa shape index (κ3) is 12.8. The number of para-hydroxylation sites is 1. The lowest BCUT2D eigenvalue weighted by atomic mass is 10.1. The van der Waals surface area contributed by atoms with Crippen molar-refractivity contribution in [3.63, 3.8) is 0 Å². The second-order valence-electron chi connectivity index (χ2n) is 11.4. The summed E-state index contributed by atoms with van der Waals surface area (Å²) in [6, 6.07) is 17.6. The van der Waals surface area contributed by atoms with Crippen molar-refractivity contribution in [1.82, 2.24) is 15.5 Å². The number of ether oxygens (including phenoxy) is 4. The van der Waals surface area contributed by atoms with Crippen LogP contribution >= 0.6 is 0 Å². The summed E-state index contributed by atoms with van der Waals surface area (Å²) in [5, 5.41) is 8.56. The van der Waals surface area contributed by atoms with Gasteiger partial charge in [0.05, 0.1) is 38.2 Å². The molecule has 12 heteroatoms. The Bertz CT molecular complexity index is 1480. The van der Waals surface area contributed by atoms with Crippen molar-refractivity contribution in [1.29, 1.82) is 0 Å². The third-order valence-electron chi connectivity index (χ3n) is 7.19. The first-order valence-corrected chi connectivity index (χ1v) is 16.2. The molecule has 0 unspecified atom stereocenters. The molecule has 3 aromatic carbocycles. The Labute approximate surface area is 283 Å². The van der Waals surface area contributed by atoms with Gasteiger partial charge in [0, 0.05) is 30.8 Å². The van der Waals surface area contributed by atoms with Crippen LogP contribution in [0.4, 0.5) is 10.5 Å². The largest absolute Gasteiger partial charge is 0.495 e. The van der Waals surface area contributed by atoms with Crippen molar-refractivity contribution in [2.24, 2.45) is 5.73 Å². The molecule has 0 aliphatic heterocycles. The summed E-state index contributed by atoms with van der Waals surface area (Å²) < 4.78 is 22.5. The number of amides is 3. The summed E-state index contributed by atoms with van der Waals surface area (Å²) in [5.41, 5.74) is 8.57. The Morgan fingerprint density at radius 1 is 0.792 bits per heavy atom. The van der Waals surface area contributed by atoms with Crippen LogP contribution in [0.15, 0.2) is 60.7 Å². The number of nitrogens with zero attached hydrogens (tertiary/aromatic N) is 1. The van der Waals surface area contributed by atoms with Crippen LogP contribution in [0.3, 0.4) is 0 Å². The summed E-state index contributed by atoms with van der Waals surface area (Å²) in [6.45, 7) is 5.32. The fourth-order valence-corrected chi connectivity index (χ4v) is 4.59. The highest BCUT2D eigenvalue weighted by Crippen LogP contribution is 2.28. The molecule has 0 saturated carbocycles. The molecule has 0 saturated heterocycles. The maximum atomic E-state index is 13.1. The minimum Gasteiger partial charge on any atom is -0.495 e. The first-order valence-electron chi connectivity index (χ1n) is 16.2. The number of methoxy groups -OCH3 is 1. The molecular formula is C36H49N5O7. The molecule has 12 nitrogen and oxygen atoms in total. The predicted molar refractivity (Wildman–Crippen MR) is 186 cm³/mol. The van der Waals surface area contributed by atoms with Crippen LogP contribution < -0.4 is 35.9 Å². The van der Waals surface area contributed by atoms with E-state index in [2.05, 4.69) is 16.0 Å². The molecule has 0 aliphatic rings. The number of hydrogen-bond donors (Lipinski definition) is 4. The van der Waals surface area contributed by atoms with Crippen molar-refractivity contribution < 1.29 is 33.3 Å². The number of anilines is 1. The normalized spacial score (nSPS) is 10.7. The van der Waals surface area contributed by atoms with Gasteiger partial charge in [0.1, 0.15) is 17.2 Å². The number of unbranched alkanes of at least 4 members (excludes halogenated alkanes) is 1. The van der Waals surface area contributed by atoms with E-state index in [9.17, 15) is 14.4 Å². The van der Waals surface area contributed by atoms with Gasteiger partial charge >= 0.3 is 6.09 Å². The van der Waals surface area contributed by atoms with Gasteiger partial charge in [-0.2, -0.15) is 0 Å². The van der Waals surface area contributed by atoms with Crippen molar-refractivity contribution >= 4 is 23.6 Å². The van der Waals surface area contributed by atoms with Gasteiger partial charge in [0.25, 0.3) is 11.8 Å². The molecular weight excluding hydrogens is 614 g/mol. The van der Waals surface area contributed by atoms with Gasteiger partial charge < -0.3 is 45.5 Å². The van der Waals surface area contributed by atoms with Crippen molar-refractivity contribution in [3.05, 3.63) is 82.9 Å². The minimum absolute atomic E-state index is 0.247. The molecule has 0 aliphatic carbocycles. The van der Waals surface area contributed by atoms with E-state index in [4.69, 9.17) is 24.7 Å². The van der Waals surface area contributed by atoms with Crippen LogP contribution in [0, 0.1) is 6.92 Å². The number of nitrogens with one attached hydrogen (secondary N) is 3. The van der Waals surface area contributed by atoms with E-state index in [0.29, 0.717) is 73.4 Å². The summed E-state index contributed by atoms with van der Waals surface area (Å²) in [5.74, 6) is 0.802. The molecule has 0 heterocycles. The van der Waals surface area contributed by atoms with Crippen LogP contribution in [-0.4, -0.2) is 83.5 Å². The Morgan fingerprint density at radius 2 is 1.56 bits per heavy atom. The lowest BCUT2D eigenvalue weighted by molar-refractivity contribution is 0.0949. The highest BCUT2D eigenvalue weighted by atomic mass is 16.5. The fraction of sp³-hybridized carbons (Fsp3) is 0.417. The molecule has 0 aromatic heterocycles.